The molecule has 2 aliphatic rings. The number of H-pyrrole nitrogens is 1. The number of carbonyl (C=O) groups is 2. The fraction of sp³-hybridized carbons (Fsp3) is 0.333. The van der Waals surface area contributed by atoms with Gasteiger partial charge in [0.25, 0.3) is 5.91 Å². The molecule has 4 heterocycles. The molecule has 1 unspecified atom stereocenters. The average Bonchev–Trinajstić information content (AvgIpc) is 3.48. The fourth-order valence-electron chi connectivity index (χ4n) is 4.46. The van der Waals surface area contributed by atoms with Gasteiger partial charge in [-0.05, 0) is 61.1 Å². The number of amides is 2. The van der Waals surface area contributed by atoms with Crippen LogP contribution in [-0.2, 0) is 4.79 Å². The Morgan fingerprint density at radius 3 is 2.78 bits per heavy atom. The second-order valence-corrected chi connectivity index (χ2v) is 8.99. The maximum atomic E-state index is 13.1. The van der Waals surface area contributed by atoms with Gasteiger partial charge in [-0.3, -0.25) is 14.5 Å². The summed E-state index contributed by atoms with van der Waals surface area (Å²) in [7, 11) is 0. The molecule has 1 aliphatic heterocycles. The molecule has 32 heavy (non-hydrogen) atoms. The Labute approximate surface area is 191 Å². The van der Waals surface area contributed by atoms with E-state index in [1.165, 1.54) is 0 Å². The summed E-state index contributed by atoms with van der Waals surface area (Å²) in [6.45, 7) is 5.04. The van der Waals surface area contributed by atoms with E-state index in [0.29, 0.717) is 29.6 Å². The predicted octanol–water partition coefficient (Wildman–Crippen LogP) is 4.22. The van der Waals surface area contributed by atoms with Crippen LogP contribution in [0.15, 0.2) is 36.5 Å². The number of fused-ring (bicyclic) bond motifs is 1. The third-order valence-electron chi connectivity index (χ3n) is 6.16. The minimum absolute atomic E-state index is 0.0531. The van der Waals surface area contributed by atoms with Gasteiger partial charge in [0, 0.05) is 42.0 Å². The lowest BCUT2D eigenvalue weighted by atomic mass is 9.89. The number of aryl methyl sites for hydroxylation is 1. The number of aromatic nitrogens is 3. The molecule has 0 saturated heterocycles. The predicted molar refractivity (Wildman–Crippen MR) is 125 cm³/mol. The van der Waals surface area contributed by atoms with Crippen LogP contribution >= 0.6 is 11.6 Å². The summed E-state index contributed by atoms with van der Waals surface area (Å²) in [5, 5.41) is 1.34. The molecule has 1 saturated carbocycles. The van der Waals surface area contributed by atoms with Gasteiger partial charge in [-0.15, -0.1) is 0 Å². The Kier molecular flexibility index (Phi) is 5.21. The Morgan fingerprint density at radius 2 is 2.09 bits per heavy atom. The Bertz CT molecular complexity index is 1230. The van der Waals surface area contributed by atoms with Crippen molar-refractivity contribution in [2.45, 2.75) is 32.7 Å². The zero-order valence-corrected chi connectivity index (χ0v) is 18.8. The number of pyridine rings is 2. The van der Waals surface area contributed by atoms with E-state index in [2.05, 4.69) is 28.0 Å². The summed E-state index contributed by atoms with van der Waals surface area (Å²) in [6.07, 6.45) is 6.86. The second kappa shape index (κ2) is 8.06. The molecule has 3 aromatic rings. The molecule has 5 rings (SSSR count). The van der Waals surface area contributed by atoms with Crippen molar-refractivity contribution in [1.82, 2.24) is 19.9 Å². The molecule has 0 aromatic carbocycles. The molecule has 0 radical (unpaired) electrons. The van der Waals surface area contributed by atoms with Gasteiger partial charge < -0.3 is 9.88 Å². The standard InChI is InChI=1S/C24H24ClN5O2/c1-14-12-29(24(32)16-9-15(2)27-21(25)10-16)8-6-18(14)20-11-22(30(13-31)17-3-4-17)28-23-19(20)5-7-26-23/h5-7,9-11,13-14,17H,3-4,8,12H2,1-2H3,(H,26,28). The average molecular weight is 450 g/mol. The molecule has 164 valence electrons. The smallest absolute Gasteiger partial charge is 0.254 e. The Hall–Kier alpha value is -3.19. The van der Waals surface area contributed by atoms with Gasteiger partial charge >= 0.3 is 0 Å². The Morgan fingerprint density at radius 1 is 1.28 bits per heavy atom. The number of hydrogen-bond donors (Lipinski definition) is 1. The van der Waals surface area contributed by atoms with E-state index >= 15 is 0 Å². The summed E-state index contributed by atoms with van der Waals surface area (Å²) >= 11 is 6.06. The molecule has 1 aliphatic carbocycles. The number of halogens is 1. The monoisotopic (exact) mass is 449 g/mol. The van der Waals surface area contributed by atoms with Crippen molar-refractivity contribution in [2.75, 3.05) is 18.0 Å². The first-order valence-corrected chi connectivity index (χ1v) is 11.2. The SMILES string of the molecule is Cc1cc(C(=O)N2CC=C(c3cc(N(C=O)C4CC4)nc4[nH]ccc34)C(C)C2)cc(Cl)n1. The van der Waals surface area contributed by atoms with E-state index in [9.17, 15) is 9.59 Å². The fourth-order valence-corrected chi connectivity index (χ4v) is 4.71. The van der Waals surface area contributed by atoms with E-state index < -0.39 is 0 Å². The van der Waals surface area contributed by atoms with Crippen LogP contribution in [0, 0.1) is 12.8 Å². The molecule has 3 aromatic heterocycles. The summed E-state index contributed by atoms with van der Waals surface area (Å²) in [6, 6.07) is 7.64. The van der Waals surface area contributed by atoms with Crippen molar-refractivity contribution in [2.24, 2.45) is 5.92 Å². The van der Waals surface area contributed by atoms with Crippen LogP contribution < -0.4 is 4.90 Å². The van der Waals surface area contributed by atoms with Gasteiger partial charge in [-0.25, -0.2) is 9.97 Å². The minimum Gasteiger partial charge on any atom is -0.346 e. The number of nitrogens with one attached hydrogen (secondary N) is 1. The highest BCUT2D eigenvalue weighted by atomic mass is 35.5. The lowest BCUT2D eigenvalue weighted by Crippen LogP contribution is -2.38. The highest BCUT2D eigenvalue weighted by molar-refractivity contribution is 6.29. The van der Waals surface area contributed by atoms with Crippen LogP contribution in [0.3, 0.4) is 0 Å². The van der Waals surface area contributed by atoms with E-state index in [1.807, 2.05) is 30.2 Å². The molecule has 1 N–H and O–H groups in total. The number of rotatable bonds is 5. The van der Waals surface area contributed by atoms with Crippen molar-refractivity contribution in [1.29, 1.82) is 0 Å². The normalized spacial score (nSPS) is 18.5. The molecular weight excluding hydrogens is 426 g/mol. The number of anilines is 1. The minimum atomic E-state index is -0.0531. The molecular formula is C24H24ClN5O2. The summed E-state index contributed by atoms with van der Waals surface area (Å²) in [5.74, 6) is 0.730. The van der Waals surface area contributed by atoms with Crippen molar-refractivity contribution in [3.63, 3.8) is 0 Å². The van der Waals surface area contributed by atoms with Crippen LogP contribution in [0.1, 0.15) is 41.4 Å². The van der Waals surface area contributed by atoms with Crippen LogP contribution in [-0.4, -0.2) is 51.3 Å². The van der Waals surface area contributed by atoms with Gasteiger partial charge in [-0.1, -0.05) is 24.6 Å². The highest BCUT2D eigenvalue weighted by Gasteiger charge is 2.31. The van der Waals surface area contributed by atoms with Crippen LogP contribution in [0.4, 0.5) is 5.82 Å². The van der Waals surface area contributed by atoms with Crippen LogP contribution in [0.2, 0.25) is 5.15 Å². The second-order valence-electron chi connectivity index (χ2n) is 8.60. The third kappa shape index (κ3) is 3.77. The van der Waals surface area contributed by atoms with Crippen LogP contribution in [0.5, 0.6) is 0 Å². The van der Waals surface area contributed by atoms with E-state index in [-0.39, 0.29) is 17.9 Å². The zero-order chi connectivity index (χ0) is 22.4. The van der Waals surface area contributed by atoms with Crippen molar-refractivity contribution >= 4 is 46.3 Å². The molecule has 1 fully saturated rings. The number of carbonyl (C=O) groups excluding carboxylic acids is 2. The first kappa shape index (κ1) is 20.7. The van der Waals surface area contributed by atoms with Crippen LogP contribution in [0.25, 0.3) is 16.6 Å². The molecule has 7 nitrogen and oxygen atoms in total. The molecule has 0 bridgehead atoms. The van der Waals surface area contributed by atoms with Gasteiger partial charge in [0.05, 0.1) is 0 Å². The van der Waals surface area contributed by atoms with Crippen molar-refractivity contribution < 1.29 is 9.59 Å². The lowest BCUT2D eigenvalue weighted by molar-refractivity contribution is -0.107. The first-order valence-electron chi connectivity index (χ1n) is 10.8. The van der Waals surface area contributed by atoms with Gasteiger partial charge in [0.2, 0.25) is 6.41 Å². The quantitative estimate of drug-likeness (QED) is 0.467. The van der Waals surface area contributed by atoms with Crippen molar-refractivity contribution in [3.8, 4) is 0 Å². The maximum Gasteiger partial charge on any atom is 0.254 e. The summed E-state index contributed by atoms with van der Waals surface area (Å²) in [4.78, 5) is 40.4. The number of nitrogens with zero attached hydrogens (tertiary/aromatic N) is 4. The number of aromatic amines is 1. The molecule has 8 heteroatoms. The first-order chi connectivity index (χ1) is 15.4. The molecule has 0 spiro atoms. The lowest BCUT2D eigenvalue weighted by Gasteiger charge is -2.32. The van der Waals surface area contributed by atoms with Gasteiger partial charge in [-0.2, -0.15) is 0 Å². The largest absolute Gasteiger partial charge is 0.346 e. The third-order valence-corrected chi connectivity index (χ3v) is 6.35. The van der Waals surface area contributed by atoms with E-state index in [0.717, 1.165) is 47.1 Å². The molecule has 1 atom stereocenters. The number of hydrogen-bond acceptors (Lipinski definition) is 4. The maximum absolute atomic E-state index is 13.1. The summed E-state index contributed by atoms with van der Waals surface area (Å²) in [5.41, 5.74) is 4.25. The topological polar surface area (TPSA) is 82.2 Å². The summed E-state index contributed by atoms with van der Waals surface area (Å²) < 4.78 is 0. The van der Waals surface area contributed by atoms with Gasteiger partial charge in [0.15, 0.2) is 0 Å². The van der Waals surface area contributed by atoms with E-state index in [1.54, 1.807) is 17.0 Å². The highest BCUT2D eigenvalue weighted by Crippen LogP contribution is 2.37. The Balaban J connectivity index is 1.48. The van der Waals surface area contributed by atoms with Gasteiger partial charge in [0.1, 0.15) is 16.6 Å². The zero-order valence-electron chi connectivity index (χ0n) is 18.0. The molecule has 2 amide bonds. The van der Waals surface area contributed by atoms with E-state index in [4.69, 9.17) is 11.6 Å². The van der Waals surface area contributed by atoms with Crippen molar-refractivity contribution in [3.05, 3.63) is 58.5 Å².